The fraction of sp³-hybridized carbons (Fsp3) is 0.348. The van der Waals surface area contributed by atoms with Crippen LogP contribution >= 0.6 is 12.2 Å². The molecule has 3 rings (SSSR count). The highest BCUT2D eigenvalue weighted by Gasteiger charge is 2.42. The maximum Gasteiger partial charge on any atom is 0.417 e. The number of anilines is 2. The van der Waals surface area contributed by atoms with Crippen molar-refractivity contribution in [1.82, 2.24) is 5.32 Å². The second-order valence-corrected chi connectivity index (χ2v) is 8.35. The fourth-order valence-electron chi connectivity index (χ4n) is 3.87. The molecule has 32 heavy (non-hydrogen) atoms. The molecule has 0 saturated heterocycles. The van der Waals surface area contributed by atoms with Crippen molar-refractivity contribution in [1.29, 1.82) is 5.26 Å². The largest absolute Gasteiger partial charge is 0.417 e. The van der Waals surface area contributed by atoms with Crippen molar-refractivity contribution in [2.24, 2.45) is 0 Å². The maximum absolute atomic E-state index is 13.5. The van der Waals surface area contributed by atoms with Gasteiger partial charge in [-0.1, -0.05) is 12.1 Å². The van der Waals surface area contributed by atoms with E-state index in [0.29, 0.717) is 13.0 Å². The van der Waals surface area contributed by atoms with Crippen molar-refractivity contribution in [2.75, 3.05) is 16.8 Å². The topological polar surface area (TPSA) is 59.4 Å². The standard InChI is InChI=1S/C23H23F3N4OS/c1-22(10-3-11-22)30(18-7-4-16(5-8-18)14-28-2)21(32)29(15-31)19-9-6-17(13-27)20(12-19)23(24,25)26/h4-9,12,15,28H,3,10-11,14H2,1-2H3. The van der Waals surface area contributed by atoms with Crippen molar-refractivity contribution in [2.45, 2.75) is 44.4 Å². The molecule has 5 nitrogen and oxygen atoms in total. The molecule has 0 aliphatic heterocycles. The van der Waals surface area contributed by atoms with Gasteiger partial charge in [0.25, 0.3) is 0 Å². The van der Waals surface area contributed by atoms with Crippen LogP contribution in [0.2, 0.25) is 0 Å². The Morgan fingerprint density at radius 2 is 1.84 bits per heavy atom. The molecule has 9 heteroatoms. The van der Waals surface area contributed by atoms with Crippen molar-refractivity contribution in [3.8, 4) is 6.07 Å². The number of nitriles is 1. The summed E-state index contributed by atoms with van der Waals surface area (Å²) in [5.41, 5.74) is -0.201. The molecule has 0 atom stereocenters. The zero-order chi connectivity index (χ0) is 23.5. The lowest BCUT2D eigenvalue weighted by Crippen LogP contribution is -2.58. The van der Waals surface area contributed by atoms with Gasteiger partial charge >= 0.3 is 6.18 Å². The molecule has 1 aliphatic carbocycles. The van der Waals surface area contributed by atoms with E-state index in [1.165, 1.54) is 6.07 Å². The highest BCUT2D eigenvalue weighted by atomic mass is 32.1. The molecule has 0 heterocycles. The van der Waals surface area contributed by atoms with Crippen LogP contribution in [-0.4, -0.2) is 24.1 Å². The molecule has 1 amide bonds. The van der Waals surface area contributed by atoms with Crippen LogP contribution in [0, 0.1) is 11.3 Å². The zero-order valence-electron chi connectivity index (χ0n) is 17.7. The van der Waals surface area contributed by atoms with E-state index in [1.54, 1.807) is 6.07 Å². The highest BCUT2D eigenvalue weighted by Crippen LogP contribution is 2.41. The second kappa shape index (κ2) is 9.27. The van der Waals surface area contributed by atoms with Crippen LogP contribution in [0.1, 0.15) is 42.9 Å². The van der Waals surface area contributed by atoms with Gasteiger partial charge in [-0.2, -0.15) is 18.4 Å². The Labute approximate surface area is 190 Å². The quantitative estimate of drug-likeness (QED) is 0.486. The van der Waals surface area contributed by atoms with Crippen LogP contribution in [0.15, 0.2) is 42.5 Å². The molecular weight excluding hydrogens is 437 g/mol. The SMILES string of the molecule is CNCc1ccc(N(C(=S)N(C=O)c2ccc(C#N)c(C(F)(F)F)c2)C2(C)CCC2)cc1. The average molecular weight is 461 g/mol. The number of halogens is 3. The van der Waals surface area contributed by atoms with Gasteiger partial charge in [0.1, 0.15) is 0 Å². The molecule has 1 fully saturated rings. The number of alkyl halides is 3. The van der Waals surface area contributed by atoms with E-state index in [1.807, 2.05) is 43.1 Å². The molecule has 0 bridgehead atoms. The first-order valence-corrected chi connectivity index (χ1v) is 10.5. The summed E-state index contributed by atoms with van der Waals surface area (Å²) in [6.07, 6.45) is -1.67. The minimum atomic E-state index is -4.74. The predicted octanol–water partition coefficient (Wildman–Crippen LogP) is 4.99. The van der Waals surface area contributed by atoms with Crippen molar-refractivity contribution in [3.05, 3.63) is 59.2 Å². The molecular formula is C23H23F3N4OS. The van der Waals surface area contributed by atoms with Gasteiger partial charge in [-0.3, -0.25) is 9.69 Å². The Hall–Kier alpha value is -2.96. The zero-order valence-corrected chi connectivity index (χ0v) is 18.6. The smallest absolute Gasteiger partial charge is 0.316 e. The summed E-state index contributed by atoms with van der Waals surface area (Å²) in [5.74, 6) is 0. The molecule has 0 radical (unpaired) electrons. The van der Waals surface area contributed by atoms with Gasteiger partial charge in [-0.05, 0) is 81.3 Å². The Bertz CT molecular complexity index is 1040. The molecule has 168 valence electrons. The van der Waals surface area contributed by atoms with Crippen molar-refractivity contribution < 1.29 is 18.0 Å². The summed E-state index contributed by atoms with van der Waals surface area (Å²) in [5, 5.41) is 12.2. The van der Waals surface area contributed by atoms with Crippen LogP contribution in [0.5, 0.6) is 0 Å². The summed E-state index contributed by atoms with van der Waals surface area (Å²) in [4.78, 5) is 14.9. The van der Waals surface area contributed by atoms with Crippen LogP contribution in [0.4, 0.5) is 24.5 Å². The summed E-state index contributed by atoms with van der Waals surface area (Å²) in [6, 6.07) is 12.4. The fourth-order valence-corrected chi connectivity index (χ4v) is 4.34. The van der Waals surface area contributed by atoms with E-state index >= 15 is 0 Å². The van der Waals surface area contributed by atoms with E-state index < -0.39 is 17.3 Å². The van der Waals surface area contributed by atoms with E-state index in [0.717, 1.165) is 47.5 Å². The first kappa shape index (κ1) is 23.7. The molecule has 1 N–H and O–H groups in total. The summed E-state index contributed by atoms with van der Waals surface area (Å²) in [6.45, 7) is 2.71. The Kier molecular flexibility index (Phi) is 6.86. The van der Waals surface area contributed by atoms with Gasteiger partial charge in [0.15, 0.2) is 5.11 Å². The number of rotatable bonds is 6. The molecule has 1 saturated carbocycles. The number of benzene rings is 2. The monoisotopic (exact) mass is 460 g/mol. The maximum atomic E-state index is 13.5. The first-order chi connectivity index (χ1) is 15.1. The lowest BCUT2D eigenvalue weighted by atomic mass is 9.77. The normalized spacial score (nSPS) is 14.8. The number of hydrogen-bond acceptors (Lipinski definition) is 4. The van der Waals surface area contributed by atoms with Gasteiger partial charge < -0.3 is 10.2 Å². The Balaban J connectivity index is 2.03. The number of nitrogens with zero attached hydrogens (tertiary/aromatic N) is 3. The lowest BCUT2D eigenvalue weighted by Gasteiger charge is -2.50. The lowest BCUT2D eigenvalue weighted by molar-refractivity contribution is -0.137. The van der Waals surface area contributed by atoms with Gasteiger partial charge in [0.05, 0.1) is 22.9 Å². The number of thiocarbonyl (C=S) groups is 1. The third kappa shape index (κ3) is 4.61. The van der Waals surface area contributed by atoms with E-state index in [4.69, 9.17) is 17.5 Å². The molecule has 2 aromatic rings. The molecule has 2 aromatic carbocycles. The average Bonchev–Trinajstić information content (AvgIpc) is 2.74. The minimum absolute atomic E-state index is 0.0453. The van der Waals surface area contributed by atoms with Gasteiger partial charge in [0.2, 0.25) is 6.41 Å². The number of nitrogens with one attached hydrogen (secondary N) is 1. The third-order valence-electron chi connectivity index (χ3n) is 5.76. The van der Waals surface area contributed by atoms with Crippen molar-refractivity contribution >= 4 is 35.1 Å². The number of carbonyl (C=O) groups excluding carboxylic acids is 1. The van der Waals surface area contributed by atoms with Crippen LogP contribution in [-0.2, 0) is 17.5 Å². The van der Waals surface area contributed by atoms with Crippen LogP contribution in [0.25, 0.3) is 0 Å². The Morgan fingerprint density at radius 3 is 2.31 bits per heavy atom. The number of amides is 1. The van der Waals surface area contributed by atoms with E-state index in [2.05, 4.69) is 5.32 Å². The van der Waals surface area contributed by atoms with Crippen LogP contribution in [0.3, 0.4) is 0 Å². The molecule has 0 spiro atoms. The summed E-state index contributed by atoms with van der Waals surface area (Å²) < 4.78 is 40.4. The molecule has 0 aromatic heterocycles. The number of carbonyl (C=O) groups is 1. The predicted molar refractivity (Wildman–Crippen MR) is 121 cm³/mol. The molecule has 0 unspecified atom stereocenters. The van der Waals surface area contributed by atoms with Gasteiger partial charge in [-0.15, -0.1) is 0 Å². The van der Waals surface area contributed by atoms with Gasteiger partial charge in [0, 0.05) is 17.8 Å². The third-order valence-corrected chi connectivity index (χ3v) is 6.14. The second-order valence-electron chi connectivity index (χ2n) is 7.98. The highest BCUT2D eigenvalue weighted by molar-refractivity contribution is 7.81. The van der Waals surface area contributed by atoms with Crippen molar-refractivity contribution in [3.63, 3.8) is 0 Å². The van der Waals surface area contributed by atoms with Crippen LogP contribution < -0.4 is 15.1 Å². The van der Waals surface area contributed by atoms with E-state index in [9.17, 15) is 18.0 Å². The van der Waals surface area contributed by atoms with E-state index in [-0.39, 0.29) is 16.3 Å². The number of hydrogen-bond donors (Lipinski definition) is 1. The van der Waals surface area contributed by atoms with Gasteiger partial charge in [-0.25, -0.2) is 0 Å². The summed E-state index contributed by atoms with van der Waals surface area (Å²) in [7, 11) is 1.85. The first-order valence-electron chi connectivity index (χ1n) is 10.1. The minimum Gasteiger partial charge on any atom is -0.316 e. The molecule has 1 aliphatic rings. The summed E-state index contributed by atoms with van der Waals surface area (Å²) >= 11 is 5.65. The Morgan fingerprint density at radius 1 is 1.22 bits per heavy atom.